The molecule has 0 atom stereocenters. The molecule has 5 heteroatoms. The average Bonchev–Trinajstić information content (AvgIpc) is 3.57. The molecule has 0 spiro atoms. The molecule has 0 aliphatic heterocycles. The maximum atomic E-state index is 5.45. The summed E-state index contributed by atoms with van der Waals surface area (Å²) in [5.41, 5.74) is 6.68. The van der Waals surface area contributed by atoms with Crippen LogP contribution in [0.15, 0.2) is 112 Å². The van der Waals surface area contributed by atoms with Crippen LogP contribution in [0.5, 0.6) is 0 Å². The lowest BCUT2D eigenvalue weighted by Crippen LogP contribution is -1.81. The molecule has 4 aromatic carbocycles. The minimum absolute atomic E-state index is 0.505. The van der Waals surface area contributed by atoms with E-state index >= 15 is 0 Å². The monoisotopic (exact) mass is 441 g/mol. The molecular weight excluding hydrogens is 422 g/mol. The number of para-hydroxylation sites is 1. The highest BCUT2D eigenvalue weighted by atomic mass is 16.5. The number of nitrogens with zero attached hydrogens (tertiary/aromatic N) is 3. The van der Waals surface area contributed by atoms with E-state index in [1.54, 1.807) is 0 Å². The minimum atomic E-state index is 0.505. The summed E-state index contributed by atoms with van der Waals surface area (Å²) in [6.45, 7) is 0. The predicted octanol–water partition coefficient (Wildman–Crippen LogP) is 7.38. The van der Waals surface area contributed by atoms with Gasteiger partial charge in [-0.2, -0.15) is 4.98 Å². The Morgan fingerprint density at radius 3 is 1.91 bits per heavy atom. The van der Waals surface area contributed by atoms with Crippen LogP contribution in [-0.2, 0) is 0 Å². The van der Waals surface area contributed by atoms with Gasteiger partial charge in [0.2, 0.25) is 5.82 Å². The van der Waals surface area contributed by atoms with E-state index in [1.165, 1.54) is 0 Å². The second-order valence-corrected chi connectivity index (χ2v) is 7.89. The van der Waals surface area contributed by atoms with Crippen LogP contribution in [0.2, 0.25) is 0 Å². The predicted molar refractivity (Wildman–Crippen MR) is 134 cm³/mol. The topological polar surface area (TPSA) is 65.0 Å². The lowest BCUT2D eigenvalue weighted by Gasteiger charge is -1.99. The van der Waals surface area contributed by atoms with Crippen molar-refractivity contribution in [2.24, 2.45) is 0 Å². The maximum absolute atomic E-state index is 5.45. The van der Waals surface area contributed by atoms with Crippen molar-refractivity contribution in [3.05, 3.63) is 114 Å². The number of rotatable bonds is 5. The van der Waals surface area contributed by atoms with Crippen molar-refractivity contribution in [3.63, 3.8) is 0 Å². The highest BCUT2D eigenvalue weighted by Crippen LogP contribution is 2.28. The third kappa shape index (κ3) is 3.91. The minimum Gasteiger partial charge on any atom is -0.356 e. The molecule has 0 saturated carbocycles. The Morgan fingerprint density at radius 1 is 0.529 bits per heavy atom. The summed E-state index contributed by atoms with van der Waals surface area (Å²) in [4.78, 5) is 4.51. The fourth-order valence-electron chi connectivity index (χ4n) is 3.82. The molecule has 0 amide bonds. The normalized spacial score (nSPS) is 11.4. The summed E-state index contributed by atoms with van der Waals surface area (Å²) in [5, 5.41) is 9.34. The molecule has 0 N–H and O–H groups in total. The highest BCUT2D eigenvalue weighted by Gasteiger charge is 2.11. The van der Waals surface area contributed by atoms with Crippen molar-refractivity contribution in [1.82, 2.24) is 15.3 Å². The van der Waals surface area contributed by atoms with Gasteiger partial charge >= 0.3 is 0 Å². The Labute approximate surface area is 196 Å². The van der Waals surface area contributed by atoms with Crippen LogP contribution in [0.25, 0.3) is 57.2 Å². The van der Waals surface area contributed by atoms with E-state index in [0.29, 0.717) is 11.7 Å². The molecule has 0 saturated heterocycles. The van der Waals surface area contributed by atoms with Gasteiger partial charge in [0.25, 0.3) is 5.89 Å². The molecule has 34 heavy (non-hydrogen) atoms. The van der Waals surface area contributed by atoms with E-state index in [9.17, 15) is 0 Å². The van der Waals surface area contributed by atoms with Crippen molar-refractivity contribution in [1.29, 1.82) is 0 Å². The molecule has 0 unspecified atom stereocenters. The Morgan fingerprint density at radius 2 is 1.18 bits per heavy atom. The van der Waals surface area contributed by atoms with Gasteiger partial charge in [-0.05, 0) is 35.4 Å². The van der Waals surface area contributed by atoms with Crippen molar-refractivity contribution in [2.45, 2.75) is 0 Å². The standard InChI is InChI=1S/C29H19N3O2/c1-2-6-23(7-3-1)28-30-29(34-32-28)24-18-14-21(15-19-24)11-10-20-12-16-22(17-13-20)27-25-8-4-5-9-26(25)33-31-27/h1-19H/b11-10+. The number of benzene rings is 4. The SMILES string of the molecule is C(=C\c1ccc(-c2noc3ccccc23)cc1)/c1ccc(-c2nc(-c3ccccc3)no2)cc1. The summed E-state index contributed by atoms with van der Waals surface area (Å²) in [5.74, 6) is 1.09. The fourth-order valence-corrected chi connectivity index (χ4v) is 3.82. The van der Waals surface area contributed by atoms with Gasteiger partial charge < -0.3 is 9.05 Å². The van der Waals surface area contributed by atoms with Crippen LogP contribution in [-0.4, -0.2) is 15.3 Å². The van der Waals surface area contributed by atoms with E-state index in [1.807, 2.05) is 78.9 Å². The summed E-state index contributed by atoms with van der Waals surface area (Å²) < 4.78 is 10.9. The molecule has 0 fully saturated rings. The Balaban J connectivity index is 1.17. The summed E-state index contributed by atoms with van der Waals surface area (Å²) in [6, 6.07) is 34.0. The number of aromatic nitrogens is 3. The molecule has 6 rings (SSSR count). The molecular formula is C29H19N3O2. The van der Waals surface area contributed by atoms with Gasteiger partial charge in [0.1, 0.15) is 5.69 Å². The molecule has 6 aromatic rings. The fraction of sp³-hybridized carbons (Fsp3) is 0. The van der Waals surface area contributed by atoms with Gasteiger partial charge in [0, 0.05) is 22.1 Å². The van der Waals surface area contributed by atoms with E-state index < -0.39 is 0 Å². The first-order valence-corrected chi connectivity index (χ1v) is 11.0. The van der Waals surface area contributed by atoms with E-state index in [-0.39, 0.29) is 0 Å². The first-order chi connectivity index (χ1) is 16.8. The first kappa shape index (κ1) is 19.9. The zero-order valence-corrected chi connectivity index (χ0v) is 18.1. The van der Waals surface area contributed by atoms with Crippen LogP contribution in [0, 0.1) is 0 Å². The molecule has 0 aliphatic rings. The number of fused-ring (bicyclic) bond motifs is 1. The smallest absolute Gasteiger partial charge is 0.258 e. The Bertz CT molecular complexity index is 1580. The van der Waals surface area contributed by atoms with E-state index in [4.69, 9.17) is 9.05 Å². The van der Waals surface area contributed by atoms with Gasteiger partial charge in [0.05, 0.1) is 0 Å². The van der Waals surface area contributed by atoms with E-state index in [2.05, 4.69) is 51.7 Å². The third-order valence-corrected chi connectivity index (χ3v) is 5.65. The number of hydrogen-bond acceptors (Lipinski definition) is 5. The van der Waals surface area contributed by atoms with Gasteiger partial charge in [-0.25, -0.2) is 0 Å². The van der Waals surface area contributed by atoms with Crippen LogP contribution < -0.4 is 0 Å². The highest BCUT2D eigenvalue weighted by molar-refractivity contribution is 5.91. The quantitative estimate of drug-likeness (QED) is 0.261. The zero-order valence-electron chi connectivity index (χ0n) is 18.1. The first-order valence-electron chi connectivity index (χ1n) is 11.0. The number of hydrogen-bond donors (Lipinski definition) is 0. The largest absolute Gasteiger partial charge is 0.356 e. The maximum Gasteiger partial charge on any atom is 0.258 e. The van der Waals surface area contributed by atoms with Crippen molar-refractivity contribution < 1.29 is 9.05 Å². The Kier molecular flexibility index (Phi) is 5.05. The summed E-state index contributed by atoms with van der Waals surface area (Å²) in [7, 11) is 0. The van der Waals surface area contributed by atoms with Crippen LogP contribution >= 0.6 is 0 Å². The molecule has 2 aromatic heterocycles. The van der Waals surface area contributed by atoms with Crippen LogP contribution in [0.4, 0.5) is 0 Å². The zero-order chi connectivity index (χ0) is 22.7. The van der Waals surface area contributed by atoms with Crippen molar-refractivity contribution >= 4 is 23.1 Å². The van der Waals surface area contributed by atoms with Gasteiger partial charge in [0.15, 0.2) is 5.58 Å². The van der Waals surface area contributed by atoms with Gasteiger partial charge in [-0.3, -0.25) is 0 Å². The van der Waals surface area contributed by atoms with Crippen molar-refractivity contribution in [3.8, 4) is 34.1 Å². The van der Waals surface area contributed by atoms with Crippen molar-refractivity contribution in [2.75, 3.05) is 0 Å². The van der Waals surface area contributed by atoms with Gasteiger partial charge in [-0.15, -0.1) is 0 Å². The lowest BCUT2D eigenvalue weighted by atomic mass is 10.0. The second-order valence-electron chi connectivity index (χ2n) is 7.89. The second kappa shape index (κ2) is 8.64. The molecule has 162 valence electrons. The summed E-state index contributed by atoms with van der Waals surface area (Å²) in [6.07, 6.45) is 4.16. The van der Waals surface area contributed by atoms with Crippen LogP contribution in [0.3, 0.4) is 0 Å². The van der Waals surface area contributed by atoms with Gasteiger partial charge in [-0.1, -0.05) is 101 Å². The third-order valence-electron chi connectivity index (χ3n) is 5.65. The molecule has 0 bridgehead atoms. The van der Waals surface area contributed by atoms with Crippen LogP contribution in [0.1, 0.15) is 11.1 Å². The lowest BCUT2D eigenvalue weighted by molar-refractivity contribution is 0.432. The average molecular weight is 441 g/mol. The molecule has 0 aliphatic carbocycles. The summed E-state index contributed by atoms with van der Waals surface area (Å²) >= 11 is 0. The van der Waals surface area contributed by atoms with E-state index in [0.717, 1.165) is 44.5 Å². The molecule has 0 radical (unpaired) electrons. The molecule has 2 heterocycles. The Hall–Kier alpha value is -4.77. The molecule has 5 nitrogen and oxygen atoms in total.